The number of hydrogen-bond donors (Lipinski definition) is 2. The third-order valence-corrected chi connectivity index (χ3v) is 6.17. The van der Waals surface area contributed by atoms with E-state index in [1.807, 2.05) is 32.0 Å². The van der Waals surface area contributed by atoms with Crippen LogP contribution in [-0.2, 0) is 0 Å². The number of carbonyl (C=O) groups is 1. The maximum absolute atomic E-state index is 13.6. The van der Waals surface area contributed by atoms with Crippen LogP contribution in [-0.4, -0.2) is 45.0 Å². The van der Waals surface area contributed by atoms with Crippen molar-refractivity contribution >= 4 is 39.2 Å². The topological polar surface area (TPSA) is 115 Å². The Morgan fingerprint density at radius 2 is 2.06 bits per heavy atom. The first-order chi connectivity index (χ1) is 15.2. The molecule has 11 heteroatoms. The number of nitrogens with one attached hydrogen (secondary N) is 1. The highest BCUT2D eigenvalue weighted by atomic mass is 32.1. The summed E-state index contributed by atoms with van der Waals surface area (Å²) in [5.74, 6) is -3.56. The van der Waals surface area contributed by atoms with Crippen LogP contribution in [0.3, 0.4) is 0 Å². The number of thiazole rings is 1. The molecule has 32 heavy (non-hydrogen) atoms. The number of halogens is 2. The number of rotatable bonds is 5. The Kier molecular flexibility index (Phi) is 5.64. The van der Waals surface area contributed by atoms with E-state index in [1.165, 1.54) is 16.8 Å². The van der Waals surface area contributed by atoms with Gasteiger partial charge in [0.05, 0.1) is 22.6 Å². The molecule has 4 rings (SSSR count). The summed E-state index contributed by atoms with van der Waals surface area (Å²) in [6, 6.07) is 5.41. The minimum absolute atomic E-state index is 0.0633. The molecule has 0 spiro atoms. The predicted octanol–water partition coefficient (Wildman–Crippen LogP) is 4.37. The molecule has 0 bridgehead atoms. The van der Waals surface area contributed by atoms with E-state index in [9.17, 15) is 23.9 Å². The minimum atomic E-state index is -2.72. The van der Waals surface area contributed by atoms with Gasteiger partial charge in [-0.15, -0.1) is 11.3 Å². The fourth-order valence-corrected chi connectivity index (χ4v) is 4.53. The highest BCUT2D eigenvalue weighted by molar-refractivity contribution is 7.14. The Morgan fingerprint density at radius 3 is 2.72 bits per heavy atom. The second-order valence-electron chi connectivity index (χ2n) is 7.77. The molecule has 1 atom stereocenters. The number of nitriles is 1. The fraction of sp³-hybridized carbons (Fsp3) is 0.381. The lowest BCUT2D eigenvalue weighted by Crippen LogP contribution is -2.40. The maximum Gasteiger partial charge on any atom is 0.357 e. The number of aromatic carboxylic acids is 1. The number of aromatic nitrogens is 3. The summed E-state index contributed by atoms with van der Waals surface area (Å²) in [7, 11) is 0. The molecule has 1 aliphatic heterocycles. The van der Waals surface area contributed by atoms with Gasteiger partial charge in [0.15, 0.2) is 17.2 Å². The summed E-state index contributed by atoms with van der Waals surface area (Å²) >= 11 is 1.18. The Morgan fingerprint density at radius 1 is 1.34 bits per heavy atom. The summed E-state index contributed by atoms with van der Waals surface area (Å²) in [6.45, 7) is 3.92. The monoisotopic (exact) mass is 458 g/mol. The summed E-state index contributed by atoms with van der Waals surface area (Å²) in [5.41, 5.74) is 4.18. The molecule has 0 saturated carbocycles. The van der Waals surface area contributed by atoms with Crippen molar-refractivity contribution in [3.8, 4) is 6.07 Å². The first-order valence-corrected chi connectivity index (χ1v) is 10.8. The predicted molar refractivity (Wildman–Crippen MR) is 116 cm³/mol. The number of fused-ring (bicyclic) bond motifs is 1. The van der Waals surface area contributed by atoms with Crippen LogP contribution < -0.4 is 10.2 Å². The van der Waals surface area contributed by atoms with E-state index in [0.717, 1.165) is 11.1 Å². The van der Waals surface area contributed by atoms with Crippen molar-refractivity contribution in [3.63, 3.8) is 0 Å². The molecule has 1 saturated heterocycles. The van der Waals surface area contributed by atoms with Gasteiger partial charge in [-0.1, -0.05) is 6.07 Å². The molecule has 0 radical (unpaired) electrons. The minimum Gasteiger partial charge on any atom is -0.476 e. The Labute approximate surface area is 186 Å². The molecule has 166 valence electrons. The zero-order chi connectivity index (χ0) is 23.0. The molecule has 0 aliphatic carbocycles. The fourth-order valence-electron chi connectivity index (χ4n) is 3.77. The van der Waals surface area contributed by atoms with Crippen LogP contribution in [0.4, 0.5) is 19.6 Å². The van der Waals surface area contributed by atoms with E-state index < -0.39 is 11.9 Å². The van der Waals surface area contributed by atoms with Crippen LogP contribution >= 0.6 is 11.3 Å². The zero-order valence-electron chi connectivity index (χ0n) is 17.4. The van der Waals surface area contributed by atoms with Crippen LogP contribution in [0.15, 0.2) is 17.6 Å². The summed E-state index contributed by atoms with van der Waals surface area (Å²) < 4.78 is 27.3. The van der Waals surface area contributed by atoms with Crippen molar-refractivity contribution in [3.05, 3.63) is 40.2 Å². The normalized spacial score (nSPS) is 16.5. The Bertz CT molecular complexity index is 1230. The molecule has 0 unspecified atom stereocenters. The lowest BCUT2D eigenvalue weighted by Gasteiger charge is -2.33. The zero-order valence-corrected chi connectivity index (χ0v) is 18.2. The molecule has 1 aromatic carbocycles. The summed E-state index contributed by atoms with van der Waals surface area (Å²) in [5, 5.41) is 22.5. The number of alkyl halides is 2. The van der Waals surface area contributed by atoms with Gasteiger partial charge in [0.1, 0.15) is 11.1 Å². The average molecular weight is 458 g/mol. The average Bonchev–Trinajstić information content (AvgIpc) is 3.20. The first kappa shape index (κ1) is 21.8. The lowest BCUT2D eigenvalue weighted by molar-refractivity contribution is -0.0221. The Hall–Kier alpha value is -3.39. The van der Waals surface area contributed by atoms with Crippen LogP contribution in [0, 0.1) is 18.3 Å². The standard InChI is InChI=1S/C21H20F2N6O2S/c1-11-7-13(12(2)26-19-17(20(30)31)25-10-32-19)16-14(8-11)27-15(9-24)18(28-16)29-5-3-21(22,23)4-6-29/h7-8,10,12,26H,3-6H2,1-2H3,(H,30,31)/t12-/m1/s1. The number of carboxylic acid groups (broad SMARTS) is 1. The number of piperidine rings is 1. The lowest BCUT2D eigenvalue weighted by atomic mass is 10.0. The van der Waals surface area contributed by atoms with Crippen molar-refractivity contribution in [2.75, 3.05) is 23.3 Å². The molecule has 1 aliphatic rings. The third kappa shape index (κ3) is 4.18. The molecule has 8 nitrogen and oxygen atoms in total. The molecule has 3 heterocycles. The van der Waals surface area contributed by atoms with E-state index in [2.05, 4.69) is 15.3 Å². The SMILES string of the molecule is Cc1cc([C@@H](C)Nc2scnc2C(=O)O)c2nc(N3CCC(F)(F)CC3)c(C#N)nc2c1. The summed E-state index contributed by atoms with van der Waals surface area (Å²) in [4.78, 5) is 26.1. The van der Waals surface area contributed by atoms with E-state index in [-0.39, 0.29) is 49.2 Å². The van der Waals surface area contributed by atoms with E-state index >= 15 is 0 Å². The van der Waals surface area contributed by atoms with Crippen molar-refractivity contribution < 1.29 is 18.7 Å². The Balaban J connectivity index is 1.76. The molecule has 1 fully saturated rings. The molecule has 2 aromatic heterocycles. The van der Waals surface area contributed by atoms with Gasteiger partial charge in [-0.2, -0.15) is 5.26 Å². The van der Waals surface area contributed by atoms with E-state index in [4.69, 9.17) is 4.98 Å². The summed E-state index contributed by atoms with van der Waals surface area (Å²) in [6.07, 6.45) is -0.612. The highest BCUT2D eigenvalue weighted by Crippen LogP contribution is 2.34. The molecular formula is C21H20F2N6O2S. The van der Waals surface area contributed by atoms with Crippen molar-refractivity contribution in [1.29, 1.82) is 5.26 Å². The van der Waals surface area contributed by atoms with Crippen molar-refractivity contribution in [1.82, 2.24) is 15.0 Å². The van der Waals surface area contributed by atoms with E-state index in [1.54, 1.807) is 4.90 Å². The third-order valence-electron chi connectivity index (χ3n) is 5.41. The van der Waals surface area contributed by atoms with Crippen molar-refractivity contribution in [2.45, 2.75) is 38.7 Å². The van der Waals surface area contributed by atoms with Gasteiger partial charge in [-0.3, -0.25) is 0 Å². The van der Waals surface area contributed by atoms with Crippen LogP contribution in [0.25, 0.3) is 11.0 Å². The smallest absolute Gasteiger partial charge is 0.357 e. The second-order valence-corrected chi connectivity index (χ2v) is 8.63. The van der Waals surface area contributed by atoms with Gasteiger partial charge in [-0.05, 0) is 25.5 Å². The maximum atomic E-state index is 13.6. The van der Waals surface area contributed by atoms with E-state index in [0.29, 0.717) is 16.0 Å². The largest absolute Gasteiger partial charge is 0.476 e. The number of carboxylic acids is 1. The second kappa shape index (κ2) is 8.27. The number of anilines is 2. The molecule has 2 N–H and O–H groups in total. The van der Waals surface area contributed by atoms with Gasteiger partial charge < -0.3 is 15.3 Å². The number of benzene rings is 1. The van der Waals surface area contributed by atoms with Gasteiger partial charge >= 0.3 is 5.97 Å². The number of aryl methyl sites for hydroxylation is 1. The van der Waals surface area contributed by atoms with Crippen LogP contribution in [0.5, 0.6) is 0 Å². The quantitative estimate of drug-likeness (QED) is 0.579. The van der Waals surface area contributed by atoms with Crippen LogP contribution in [0.1, 0.15) is 53.1 Å². The molecule has 3 aromatic rings. The molecular weight excluding hydrogens is 438 g/mol. The van der Waals surface area contributed by atoms with Gasteiger partial charge in [0, 0.05) is 31.5 Å². The van der Waals surface area contributed by atoms with Crippen molar-refractivity contribution in [2.24, 2.45) is 0 Å². The van der Waals surface area contributed by atoms with Gasteiger partial charge in [-0.25, -0.2) is 28.5 Å². The van der Waals surface area contributed by atoms with Gasteiger partial charge in [0.2, 0.25) is 0 Å². The first-order valence-electron chi connectivity index (χ1n) is 9.97. The van der Waals surface area contributed by atoms with Gasteiger partial charge in [0.25, 0.3) is 5.92 Å². The molecule has 0 amide bonds. The number of hydrogen-bond acceptors (Lipinski definition) is 8. The highest BCUT2D eigenvalue weighted by Gasteiger charge is 2.35. The van der Waals surface area contributed by atoms with Crippen LogP contribution in [0.2, 0.25) is 0 Å². The number of nitrogens with zero attached hydrogens (tertiary/aromatic N) is 5.